The average molecular weight is 337 g/mol. The Balaban J connectivity index is 1.76. The molecule has 0 spiro atoms. The fraction of sp³-hybridized carbons (Fsp3) is 0.278. The Bertz CT molecular complexity index is 865. The Morgan fingerprint density at radius 3 is 2.88 bits per heavy atom. The average Bonchev–Trinajstić information content (AvgIpc) is 3.16. The highest BCUT2D eigenvalue weighted by Crippen LogP contribution is 2.41. The Labute approximate surface area is 145 Å². The molecule has 0 saturated heterocycles. The van der Waals surface area contributed by atoms with Crippen LogP contribution in [-0.2, 0) is 0 Å². The van der Waals surface area contributed by atoms with Crippen LogP contribution in [0.25, 0.3) is 0 Å². The second-order valence-corrected chi connectivity index (χ2v) is 5.87. The van der Waals surface area contributed by atoms with Gasteiger partial charge in [0.2, 0.25) is 5.95 Å². The molecule has 2 atom stereocenters. The number of fused-ring (bicyclic) bond motifs is 1. The first-order valence-electron chi connectivity index (χ1n) is 8.08. The van der Waals surface area contributed by atoms with Crippen molar-refractivity contribution in [2.24, 2.45) is 0 Å². The quantitative estimate of drug-likeness (QED) is 0.789. The monoisotopic (exact) mass is 337 g/mol. The number of ether oxygens (including phenoxy) is 2. The fourth-order valence-electron chi connectivity index (χ4n) is 3.27. The summed E-state index contributed by atoms with van der Waals surface area (Å²) in [7, 11) is 3.31. The second kappa shape index (κ2) is 6.43. The Hall–Kier alpha value is -3.09. The summed E-state index contributed by atoms with van der Waals surface area (Å²) in [6.07, 6.45) is 6.03. The maximum absolute atomic E-state index is 5.60. The van der Waals surface area contributed by atoms with E-state index in [9.17, 15) is 0 Å². The molecule has 7 heteroatoms. The molecule has 128 valence electrons. The summed E-state index contributed by atoms with van der Waals surface area (Å²) in [5, 5.41) is 7.84. The number of aromatic nitrogens is 4. The summed E-state index contributed by atoms with van der Waals surface area (Å²) in [5.41, 5.74) is 2.17. The van der Waals surface area contributed by atoms with Crippen LogP contribution in [0.5, 0.6) is 11.5 Å². The van der Waals surface area contributed by atoms with E-state index < -0.39 is 0 Å². The van der Waals surface area contributed by atoms with Gasteiger partial charge >= 0.3 is 0 Å². The summed E-state index contributed by atoms with van der Waals surface area (Å²) in [6, 6.07) is 9.98. The van der Waals surface area contributed by atoms with Crippen molar-refractivity contribution in [2.75, 3.05) is 19.5 Å². The minimum atomic E-state index is 0.00446. The van der Waals surface area contributed by atoms with Gasteiger partial charge in [-0.15, -0.1) is 0 Å². The Kier molecular flexibility index (Phi) is 3.97. The van der Waals surface area contributed by atoms with Crippen molar-refractivity contribution in [2.45, 2.75) is 18.5 Å². The number of methoxy groups -OCH3 is 2. The van der Waals surface area contributed by atoms with E-state index in [-0.39, 0.29) is 12.1 Å². The molecule has 3 heterocycles. The molecule has 0 radical (unpaired) electrons. The minimum absolute atomic E-state index is 0.00446. The number of rotatable bonds is 4. The first-order valence-corrected chi connectivity index (χ1v) is 8.08. The maximum Gasteiger partial charge on any atom is 0.222 e. The summed E-state index contributed by atoms with van der Waals surface area (Å²) in [6.45, 7) is 0. The lowest BCUT2D eigenvalue weighted by Gasteiger charge is -2.32. The molecule has 0 amide bonds. The van der Waals surface area contributed by atoms with E-state index in [2.05, 4.69) is 26.4 Å². The second-order valence-electron chi connectivity index (χ2n) is 5.87. The zero-order valence-electron chi connectivity index (χ0n) is 14.1. The van der Waals surface area contributed by atoms with E-state index in [1.165, 1.54) is 0 Å². The number of hydrogen-bond donors (Lipinski definition) is 1. The molecule has 2 aromatic heterocycles. The van der Waals surface area contributed by atoms with Gasteiger partial charge in [0.05, 0.1) is 26.3 Å². The van der Waals surface area contributed by atoms with Gasteiger partial charge in [-0.3, -0.25) is 4.98 Å². The van der Waals surface area contributed by atoms with Crippen LogP contribution in [0.4, 0.5) is 5.95 Å². The van der Waals surface area contributed by atoms with Crippen molar-refractivity contribution >= 4 is 5.95 Å². The molecule has 25 heavy (non-hydrogen) atoms. The van der Waals surface area contributed by atoms with Gasteiger partial charge in [0.15, 0.2) is 0 Å². The first-order chi connectivity index (χ1) is 12.3. The fourth-order valence-corrected chi connectivity index (χ4v) is 3.27. The van der Waals surface area contributed by atoms with Crippen LogP contribution in [0.15, 0.2) is 49.1 Å². The van der Waals surface area contributed by atoms with Crippen molar-refractivity contribution in [1.29, 1.82) is 0 Å². The van der Waals surface area contributed by atoms with Gasteiger partial charge in [-0.25, -0.2) is 4.68 Å². The third kappa shape index (κ3) is 2.77. The van der Waals surface area contributed by atoms with E-state index in [0.29, 0.717) is 0 Å². The van der Waals surface area contributed by atoms with Crippen LogP contribution in [0.2, 0.25) is 0 Å². The molecule has 1 aliphatic heterocycles. The molecular weight excluding hydrogens is 318 g/mol. The van der Waals surface area contributed by atoms with Gasteiger partial charge in [0.1, 0.15) is 17.8 Å². The summed E-state index contributed by atoms with van der Waals surface area (Å²) < 4.78 is 12.8. The zero-order chi connectivity index (χ0) is 17.2. The summed E-state index contributed by atoms with van der Waals surface area (Å²) in [4.78, 5) is 8.59. The lowest BCUT2D eigenvalue weighted by Crippen LogP contribution is -2.28. The predicted octanol–water partition coefficient (Wildman–Crippen LogP) is 2.84. The number of pyridine rings is 1. The van der Waals surface area contributed by atoms with Gasteiger partial charge in [0.25, 0.3) is 0 Å². The van der Waals surface area contributed by atoms with Crippen LogP contribution in [0, 0.1) is 0 Å². The van der Waals surface area contributed by atoms with E-state index in [1.807, 2.05) is 35.1 Å². The van der Waals surface area contributed by atoms with Crippen molar-refractivity contribution in [3.05, 3.63) is 60.2 Å². The SMILES string of the molecule is COc1ccc([C@@H]2C[C@H](c3cccnc3)Nc3ncnn32)c(OC)c1. The van der Waals surface area contributed by atoms with Gasteiger partial charge in [-0.2, -0.15) is 10.1 Å². The molecule has 7 nitrogen and oxygen atoms in total. The molecule has 0 fully saturated rings. The van der Waals surface area contributed by atoms with Crippen LogP contribution >= 0.6 is 0 Å². The van der Waals surface area contributed by atoms with Crippen LogP contribution < -0.4 is 14.8 Å². The number of benzene rings is 1. The van der Waals surface area contributed by atoms with Gasteiger partial charge in [-0.1, -0.05) is 6.07 Å². The normalized spacial score (nSPS) is 19.0. The largest absolute Gasteiger partial charge is 0.497 e. The lowest BCUT2D eigenvalue weighted by molar-refractivity contribution is 0.371. The zero-order valence-corrected chi connectivity index (χ0v) is 14.1. The molecule has 0 unspecified atom stereocenters. The number of nitrogens with one attached hydrogen (secondary N) is 1. The van der Waals surface area contributed by atoms with E-state index >= 15 is 0 Å². The smallest absolute Gasteiger partial charge is 0.222 e. The lowest BCUT2D eigenvalue weighted by atomic mass is 9.93. The van der Waals surface area contributed by atoms with Crippen LogP contribution in [0.1, 0.15) is 29.6 Å². The van der Waals surface area contributed by atoms with E-state index in [0.717, 1.165) is 35.0 Å². The highest BCUT2D eigenvalue weighted by Gasteiger charge is 2.31. The molecule has 3 aromatic rings. The first kappa shape index (κ1) is 15.4. The molecule has 4 rings (SSSR count). The van der Waals surface area contributed by atoms with Crippen molar-refractivity contribution in [3.8, 4) is 11.5 Å². The van der Waals surface area contributed by atoms with Gasteiger partial charge < -0.3 is 14.8 Å². The molecule has 1 N–H and O–H groups in total. The van der Waals surface area contributed by atoms with Crippen LogP contribution in [-0.4, -0.2) is 34.0 Å². The van der Waals surface area contributed by atoms with Gasteiger partial charge in [-0.05, 0) is 30.2 Å². The van der Waals surface area contributed by atoms with E-state index in [1.54, 1.807) is 26.7 Å². The topological polar surface area (TPSA) is 74.1 Å². The van der Waals surface area contributed by atoms with Gasteiger partial charge in [0, 0.05) is 24.0 Å². The third-order valence-electron chi connectivity index (χ3n) is 4.52. The minimum Gasteiger partial charge on any atom is -0.497 e. The summed E-state index contributed by atoms with van der Waals surface area (Å²) >= 11 is 0. The molecule has 1 aromatic carbocycles. The predicted molar refractivity (Wildman–Crippen MR) is 92.9 cm³/mol. The van der Waals surface area contributed by atoms with Crippen molar-refractivity contribution < 1.29 is 9.47 Å². The maximum atomic E-state index is 5.60. The number of nitrogens with zero attached hydrogens (tertiary/aromatic N) is 4. The van der Waals surface area contributed by atoms with Crippen molar-refractivity contribution in [1.82, 2.24) is 19.7 Å². The Morgan fingerprint density at radius 2 is 2.12 bits per heavy atom. The van der Waals surface area contributed by atoms with Crippen LogP contribution in [0.3, 0.4) is 0 Å². The highest BCUT2D eigenvalue weighted by atomic mass is 16.5. The molecule has 0 aliphatic carbocycles. The standard InChI is InChI=1S/C18H19N5O2/c1-24-13-5-6-14(17(8-13)25-2)16-9-15(12-4-3-7-19-10-12)22-18-20-11-21-23(16)18/h3-8,10-11,15-16H,9H2,1-2H3,(H,20,21,22)/t15-,16+/m1/s1. The van der Waals surface area contributed by atoms with Crippen molar-refractivity contribution in [3.63, 3.8) is 0 Å². The highest BCUT2D eigenvalue weighted by molar-refractivity contribution is 5.45. The third-order valence-corrected chi connectivity index (χ3v) is 4.52. The molecule has 1 aliphatic rings. The molecule has 0 saturated carbocycles. The molecular formula is C18H19N5O2. The summed E-state index contributed by atoms with van der Waals surface area (Å²) in [5.74, 6) is 2.28. The molecule has 0 bridgehead atoms. The number of hydrogen-bond acceptors (Lipinski definition) is 6. The van der Waals surface area contributed by atoms with E-state index in [4.69, 9.17) is 9.47 Å². The number of anilines is 1. The Morgan fingerprint density at radius 1 is 1.20 bits per heavy atom.